The van der Waals surface area contributed by atoms with E-state index in [0.29, 0.717) is 11.3 Å². The Kier molecular flexibility index (Phi) is 6.66. The zero-order chi connectivity index (χ0) is 24.4. The third-order valence-corrected chi connectivity index (χ3v) is 7.20. The Morgan fingerprint density at radius 3 is 2.69 bits per heavy atom. The van der Waals surface area contributed by atoms with Crippen LogP contribution in [0.4, 0.5) is 0 Å². The first-order valence-corrected chi connectivity index (χ1v) is 12.6. The predicted octanol–water partition coefficient (Wildman–Crippen LogP) is 5.24. The van der Waals surface area contributed by atoms with Gasteiger partial charge in [0.25, 0.3) is 0 Å². The molecule has 180 valence electrons. The number of hydrogen-bond acceptors (Lipinski definition) is 6. The monoisotopic (exact) mass is 489 g/mol. The molecule has 0 amide bonds. The van der Waals surface area contributed by atoms with Crippen LogP contribution in [0.25, 0.3) is 16.3 Å². The molecule has 0 aliphatic carbocycles. The van der Waals surface area contributed by atoms with Crippen molar-refractivity contribution in [3.8, 4) is 16.3 Å². The number of nitrogens with zero attached hydrogens (tertiary/aromatic N) is 3. The third-order valence-electron chi connectivity index (χ3n) is 6.31. The highest BCUT2D eigenvalue weighted by atomic mass is 32.1. The van der Waals surface area contributed by atoms with Crippen LogP contribution < -0.4 is 0 Å². The Balaban J connectivity index is 1.34. The molecule has 1 saturated heterocycles. The fourth-order valence-electron chi connectivity index (χ4n) is 4.48. The summed E-state index contributed by atoms with van der Waals surface area (Å²) in [4.78, 5) is 27.0. The van der Waals surface area contributed by atoms with Gasteiger partial charge in [0.1, 0.15) is 5.69 Å². The van der Waals surface area contributed by atoms with E-state index in [1.165, 1.54) is 0 Å². The highest BCUT2D eigenvalue weighted by Crippen LogP contribution is 2.26. The van der Waals surface area contributed by atoms with Crippen molar-refractivity contribution in [2.24, 2.45) is 0 Å². The number of rotatable bonds is 8. The number of aryl methyl sites for hydroxylation is 1. The lowest BCUT2D eigenvalue weighted by atomic mass is 10.1. The van der Waals surface area contributed by atoms with E-state index in [1.54, 1.807) is 22.1 Å². The molecular weight excluding hydrogens is 462 g/mol. The number of carbonyl (C=O) groups is 2. The van der Waals surface area contributed by atoms with E-state index in [1.807, 2.05) is 67.8 Å². The van der Waals surface area contributed by atoms with Gasteiger partial charge in [0.2, 0.25) is 5.78 Å². The molecule has 1 fully saturated rings. The molecule has 0 N–H and O–H groups in total. The molecule has 0 radical (unpaired) electrons. The first kappa shape index (κ1) is 23.3. The fourth-order valence-corrected chi connectivity index (χ4v) is 5.16. The Morgan fingerprint density at radius 2 is 1.97 bits per heavy atom. The van der Waals surface area contributed by atoms with Gasteiger partial charge in [0.15, 0.2) is 12.3 Å². The van der Waals surface area contributed by atoms with E-state index in [4.69, 9.17) is 9.47 Å². The minimum absolute atomic E-state index is 0.177. The Hall–Kier alpha value is -3.49. The maximum absolute atomic E-state index is 13.1. The van der Waals surface area contributed by atoms with E-state index < -0.39 is 5.97 Å². The number of benzene rings is 1. The van der Waals surface area contributed by atoms with Crippen LogP contribution in [0.3, 0.4) is 0 Å². The average Bonchev–Trinajstić information content (AvgIpc) is 3.67. The van der Waals surface area contributed by atoms with E-state index in [-0.39, 0.29) is 24.2 Å². The van der Waals surface area contributed by atoms with Gasteiger partial charge in [-0.3, -0.25) is 4.79 Å². The molecule has 0 bridgehead atoms. The standard InChI is InChI=1S/C27H27N3O4S/c1-18-14-22(19(2)29(18)16-21-10-6-12-33-21)25(31)17-34-27(32)24-15-23(26-11-7-13-35-26)28-30(24)20-8-4-3-5-9-20/h3-5,7-9,11,13-15,21H,6,10,12,16-17H2,1-2H3. The van der Waals surface area contributed by atoms with Crippen LogP contribution >= 0.6 is 11.3 Å². The smallest absolute Gasteiger partial charge is 0.357 e. The maximum atomic E-state index is 13.1. The lowest BCUT2D eigenvalue weighted by Crippen LogP contribution is -2.19. The zero-order valence-corrected chi connectivity index (χ0v) is 20.6. The number of ether oxygens (including phenoxy) is 2. The number of aromatic nitrogens is 3. The van der Waals surface area contributed by atoms with E-state index in [2.05, 4.69) is 9.67 Å². The van der Waals surface area contributed by atoms with Gasteiger partial charge in [-0.25, -0.2) is 9.48 Å². The van der Waals surface area contributed by atoms with Gasteiger partial charge in [0, 0.05) is 36.2 Å². The molecule has 0 saturated carbocycles. The highest BCUT2D eigenvalue weighted by Gasteiger charge is 2.24. The number of ketones is 1. The summed E-state index contributed by atoms with van der Waals surface area (Å²) in [5.74, 6) is -0.819. The molecule has 1 aromatic carbocycles. The summed E-state index contributed by atoms with van der Waals surface area (Å²) in [6.07, 6.45) is 2.27. The number of para-hydroxylation sites is 1. The Morgan fingerprint density at radius 1 is 1.14 bits per heavy atom. The van der Waals surface area contributed by atoms with E-state index >= 15 is 0 Å². The van der Waals surface area contributed by atoms with Gasteiger partial charge in [0.05, 0.1) is 16.7 Å². The maximum Gasteiger partial charge on any atom is 0.357 e. The van der Waals surface area contributed by atoms with Crippen molar-refractivity contribution >= 4 is 23.1 Å². The second kappa shape index (κ2) is 10.0. The van der Waals surface area contributed by atoms with Crippen LogP contribution in [0.2, 0.25) is 0 Å². The quantitative estimate of drug-likeness (QED) is 0.250. The molecule has 1 atom stereocenters. The van der Waals surface area contributed by atoms with Crippen LogP contribution in [-0.4, -0.2) is 45.4 Å². The van der Waals surface area contributed by atoms with Crippen LogP contribution in [-0.2, 0) is 16.0 Å². The first-order valence-electron chi connectivity index (χ1n) is 11.7. The van der Waals surface area contributed by atoms with Crippen LogP contribution in [0.5, 0.6) is 0 Å². The number of carbonyl (C=O) groups excluding carboxylic acids is 2. The van der Waals surface area contributed by atoms with Crippen molar-refractivity contribution in [1.29, 1.82) is 0 Å². The molecule has 0 spiro atoms. The van der Waals surface area contributed by atoms with Gasteiger partial charge >= 0.3 is 5.97 Å². The first-order chi connectivity index (χ1) is 17.0. The summed E-state index contributed by atoms with van der Waals surface area (Å²) in [5, 5.41) is 6.59. The largest absolute Gasteiger partial charge is 0.453 e. The van der Waals surface area contributed by atoms with Crippen molar-refractivity contribution in [3.05, 3.63) is 82.6 Å². The molecular formula is C27H27N3O4S. The molecule has 1 aliphatic heterocycles. The van der Waals surface area contributed by atoms with E-state index in [9.17, 15) is 9.59 Å². The van der Waals surface area contributed by atoms with E-state index in [0.717, 1.165) is 47.9 Å². The number of esters is 1. The molecule has 4 heterocycles. The molecule has 3 aromatic heterocycles. The topological polar surface area (TPSA) is 75.4 Å². The summed E-state index contributed by atoms with van der Waals surface area (Å²) >= 11 is 1.54. The van der Waals surface area contributed by atoms with Crippen LogP contribution in [0.15, 0.2) is 60.0 Å². The summed E-state index contributed by atoms with van der Waals surface area (Å²) in [5.41, 5.74) is 4.13. The highest BCUT2D eigenvalue weighted by molar-refractivity contribution is 7.13. The number of hydrogen-bond donors (Lipinski definition) is 0. The minimum atomic E-state index is -0.592. The van der Waals surface area contributed by atoms with Crippen LogP contribution in [0.1, 0.15) is 45.1 Å². The summed E-state index contributed by atoms with van der Waals surface area (Å²) in [7, 11) is 0. The Bertz CT molecular complexity index is 1330. The Labute approximate surface area is 207 Å². The van der Waals surface area contributed by atoms with Gasteiger partial charge < -0.3 is 14.0 Å². The van der Waals surface area contributed by atoms with Crippen molar-refractivity contribution < 1.29 is 19.1 Å². The molecule has 4 aromatic rings. The van der Waals surface area contributed by atoms with Crippen molar-refractivity contribution in [3.63, 3.8) is 0 Å². The van der Waals surface area contributed by atoms with Crippen molar-refractivity contribution in [2.75, 3.05) is 13.2 Å². The zero-order valence-electron chi connectivity index (χ0n) is 19.8. The van der Waals surface area contributed by atoms with Crippen molar-refractivity contribution in [2.45, 2.75) is 39.3 Å². The summed E-state index contributed by atoms with van der Waals surface area (Å²) < 4.78 is 14.9. The molecule has 1 aliphatic rings. The van der Waals surface area contributed by atoms with Crippen molar-refractivity contribution in [1.82, 2.24) is 14.3 Å². The number of Topliss-reactive ketones (excluding diaryl/α,β-unsaturated/α-hetero) is 1. The van der Waals surface area contributed by atoms with Crippen LogP contribution in [0, 0.1) is 13.8 Å². The molecule has 8 heteroatoms. The second-order valence-electron chi connectivity index (χ2n) is 8.67. The molecule has 35 heavy (non-hydrogen) atoms. The van der Waals surface area contributed by atoms with Gasteiger partial charge in [-0.05, 0) is 56.3 Å². The molecule has 7 nitrogen and oxygen atoms in total. The van der Waals surface area contributed by atoms with Gasteiger partial charge in [-0.1, -0.05) is 24.3 Å². The average molecular weight is 490 g/mol. The summed E-state index contributed by atoms with van der Waals surface area (Å²) in [6.45, 7) is 5.09. The predicted molar refractivity (Wildman–Crippen MR) is 134 cm³/mol. The normalized spacial score (nSPS) is 15.4. The summed E-state index contributed by atoms with van der Waals surface area (Å²) in [6, 6.07) is 16.9. The SMILES string of the molecule is Cc1cc(C(=O)COC(=O)c2cc(-c3cccs3)nn2-c2ccccc2)c(C)n1CC1CCCO1. The molecule has 5 rings (SSSR count). The minimum Gasteiger partial charge on any atom is -0.453 e. The third kappa shape index (κ3) is 4.85. The van der Waals surface area contributed by atoms with Gasteiger partial charge in [-0.2, -0.15) is 5.10 Å². The second-order valence-corrected chi connectivity index (χ2v) is 9.62. The van der Waals surface area contributed by atoms with Gasteiger partial charge in [-0.15, -0.1) is 11.3 Å². The molecule has 1 unspecified atom stereocenters. The fraction of sp³-hybridized carbons (Fsp3) is 0.296. The number of thiophene rings is 1. The lowest BCUT2D eigenvalue weighted by molar-refractivity contribution is 0.0465. The lowest BCUT2D eigenvalue weighted by Gasteiger charge is -2.14.